The third kappa shape index (κ3) is 2.78. The fourth-order valence-corrected chi connectivity index (χ4v) is 1.59. The Kier molecular flexibility index (Phi) is 3.48. The standard InChI is InChI=1S/C13H12ClN3O/c1-8-2-3-10(14)12(6-8)18-9-4-5-17-11(7-9)13(15)16/h2-7H,1H3,(H3,15,16). The van der Waals surface area contributed by atoms with E-state index in [1.165, 1.54) is 6.20 Å². The second kappa shape index (κ2) is 5.06. The number of benzene rings is 1. The van der Waals surface area contributed by atoms with Crippen LogP contribution in [0.2, 0.25) is 5.02 Å². The van der Waals surface area contributed by atoms with Gasteiger partial charge in [-0.1, -0.05) is 17.7 Å². The number of nitrogens with zero attached hydrogens (tertiary/aromatic N) is 1. The number of nitrogens with two attached hydrogens (primary N) is 1. The lowest BCUT2D eigenvalue weighted by Crippen LogP contribution is -2.12. The van der Waals surface area contributed by atoms with Crippen molar-refractivity contribution in [3.63, 3.8) is 0 Å². The Morgan fingerprint density at radius 1 is 1.33 bits per heavy atom. The van der Waals surface area contributed by atoms with Crippen molar-refractivity contribution in [1.82, 2.24) is 4.98 Å². The summed E-state index contributed by atoms with van der Waals surface area (Å²) >= 11 is 6.04. The Morgan fingerprint density at radius 3 is 2.83 bits per heavy atom. The lowest BCUT2D eigenvalue weighted by atomic mass is 10.2. The van der Waals surface area contributed by atoms with Crippen molar-refractivity contribution in [2.24, 2.45) is 5.73 Å². The van der Waals surface area contributed by atoms with Gasteiger partial charge in [0.05, 0.1) is 5.02 Å². The summed E-state index contributed by atoms with van der Waals surface area (Å²) in [5.74, 6) is 1.01. The van der Waals surface area contributed by atoms with Gasteiger partial charge in [-0.25, -0.2) is 0 Å². The van der Waals surface area contributed by atoms with Gasteiger partial charge in [-0.15, -0.1) is 0 Å². The van der Waals surface area contributed by atoms with Gasteiger partial charge >= 0.3 is 0 Å². The molecule has 2 aromatic rings. The number of nitrogens with one attached hydrogen (secondary N) is 1. The molecule has 4 nitrogen and oxygen atoms in total. The lowest BCUT2D eigenvalue weighted by Gasteiger charge is -2.09. The van der Waals surface area contributed by atoms with Crippen LogP contribution in [-0.2, 0) is 0 Å². The molecule has 5 heteroatoms. The van der Waals surface area contributed by atoms with Gasteiger partial charge in [0.1, 0.15) is 23.0 Å². The molecule has 18 heavy (non-hydrogen) atoms. The minimum atomic E-state index is -0.101. The zero-order valence-corrected chi connectivity index (χ0v) is 10.5. The first kappa shape index (κ1) is 12.4. The van der Waals surface area contributed by atoms with Gasteiger partial charge in [0.25, 0.3) is 0 Å². The van der Waals surface area contributed by atoms with Crippen molar-refractivity contribution in [3.8, 4) is 11.5 Å². The number of amidine groups is 1. The molecule has 0 saturated carbocycles. The van der Waals surface area contributed by atoms with Gasteiger partial charge in [0.2, 0.25) is 0 Å². The largest absolute Gasteiger partial charge is 0.456 e. The molecule has 0 atom stereocenters. The fourth-order valence-electron chi connectivity index (χ4n) is 1.44. The maximum Gasteiger partial charge on any atom is 0.146 e. The second-order valence-electron chi connectivity index (χ2n) is 3.83. The van der Waals surface area contributed by atoms with Crippen LogP contribution in [0.5, 0.6) is 11.5 Å². The van der Waals surface area contributed by atoms with E-state index in [-0.39, 0.29) is 5.84 Å². The van der Waals surface area contributed by atoms with Crippen LogP contribution in [0, 0.1) is 12.3 Å². The highest BCUT2D eigenvalue weighted by Crippen LogP contribution is 2.30. The van der Waals surface area contributed by atoms with Crippen molar-refractivity contribution < 1.29 is 4.74 Å². The van der Waals surface area contributed by atoms with Crippen molar-refractivity contribution in [3.05, 3.63) is 52.8 Å². The smallest absolute Gasteiger partial charge is 0.146 e. The molecule has 3 N–H and O–H groups in total. The maximum absolute atomic E-state index is 7.32. The number of pyridine rings is 1. The molecular weight excluding hydrogens is 250 g/mol. The third-order valence-corrected chi connectivity index (χ3v) is 2.63. The van der Waals surface area contributed by atoms with E-state index >= 15 is 0 Å². The highest BCUT2D eigenvalue weighted by Gasteiger charge is 2.05. The van der Waals surface area contributed by atoms with Crippen LogP contribution < -0.4 is 10.5 Å². The first-order valence-electron chi connectivity index (χ1n) is 5.31. The van der Waals surface area contributed by atoms with Crippen molar-refractivity contribution in [1.29, 1.82) is 5.41 Å². The van der Waals surface area contributed by atoms with Crippen LogP contribution in [0.1, 0.15) is 11.3 Å². The van der Waals surface area contributed by atoms with Crippen molar-refractivity contribution in [2.75, 3.05) is 0 Å². The normalized spacial score (nSPS) is 10.1. The molecule has 0 amide bonds. The number of aryl methyl sites for hydroxylation is 1. The molecule has 0 bridgehead atoms. The Hall–Kier alpha value is -2.07. The maximum atomic E-state index is 7.32. The SMILES string of the molecule is Cc1ccc(Cl)c(Oc2ccnc(C(=N)N)c2)c1. The first-order chi connectivity index (χ1) is 8.56. The van der Waals surface area contributed by atoms with Crippen LogP contribution in [0.4, 0.5) is 0 Å². The van der Waals surface area contributed by atoms with Gasteiger partial charge in [-0.2, -0.15) is 0 Å². The van der Waals surface area contributed by atoms with Crippen LogP contribution in [0.25, 0.3) is 0 Å². The molecule has 0 radical (unpaired) electrons. The number of halogens is 1. The minimum Gasteiger partial charge on any atom is -0.456 e. The minimum absolute atomic E-state index is 0.101. The number of aromatic nitrogens is 1. The molecule has 0 saturated heterocycles. The Bertz CT molecular complexity index is 599. The van der Waals surface area contributed by atoms with E-state index in [4.69, 9.17) is 27.5 Å². The predicted octanol–water partition coefficient (Wildman–Crippen LogP) is 3.12. The van der Waals surface area contributed by atoms with Crippen molar-refractivity contribution in [2.45, 2.75) is 6.92 Å². The summed E-state index contributed by atoms with van der Waals surface area (Å²) in [5, 5.41) is 7.85. The van der Waals surface area contributed by atoms with E-state index in [0.717, 1.165) is 5.56 Å². The van der Waals surface area contributed by atoms with Gasteiger partial charge in [0, 0.05) is 12.3 Å². The first-order valence-corrected chi connectivity index (χ1v) is 5.68. The van der Waals surface area contributed by atoms with E-state index in [1.54, 1.807) is 18.2 Å². The summed E-state index contributed by atoms with van der Waals surface area (Å²) in [6.45, 7) is 1.96. The molecule has 0 aliphatic heterocycles. The van der Waals surface area contributed by atoms with Crippen LogP contribution in [-0.4, -0.2) is 10.8 Å². The summed E-state index contributed by atoms with van der Waals surface area (Å²) in [4.78, 5) is 3.96. The molecule has 2 rings (SSSR count). The number of hydrogen-bond acceptors (Lipinski definition) is 3. The van der Waals surface area contributed by atoms with Gasteiger partial charge in [-0.05, 0) is 30.7 Å². The van der Waals surface area contributed by atoms with Gasteiger partial charge in [-0.3, -0.25) is 10.4 Å². The highest BCUT2D eigenvalue weighted by molar-refractivity contribution is 6.32. The Balaban J connectivity index is 2.31. The van der Waals surface area contributed by atoms with Crippen LogP contribution >= 0.6 is 11.6 Å². The molecule has 0 aliphatic carbocycles. The zero-order valence-electron chi connectivity index (χ0n) is 9.77. The summed E-state index contributed by atoms with van der Waals surface area (Å²) in [6.07, 6.45) is 1.54. The molecule has 1 heterocycles. The molecule has 92 valence electrons. The average molecular weight is 262 g/mol. The quantitative estimate of drug-likeness (QED) is 0.659. The van der Waals surface area contributed by atoms with Crippen molar-refractivity contribution >= 4 is 17.4 Å². The summed E-state index contributed by atoms with van der Waals surface area (Å²) < 4.78 is 5.66. The molecular formula is C13H12ClN3O. The Morgan fingerprint density at radius 2 is 2.11 bits per heavy atom. The summed E-state index contributed by atoms with van der Waals surface area (Å²) in [6, 6.07) is 8.81. The zero-order chi connectivity index (χ0) is 13.1. The van der Waals surface area contributed by atoms with E-state index < -0.39 is 0 Å². The molecule has 0 fully saturated rings. The Labute approximate surface area is 110 Å². The van der Waals surface area contributed by atoms with Crippen LogP contribution in [0.3, 0.4) is 0 Å². The number of ether oxygens (including phenoxy) is 1. The predicted molar refractivity (Wildman–Crippen MR) is 71.5 cm³/mol. The average Bonchev–Trinajstić information content (AvgIpc) is 2.34. The monoisotopic (exact) mass is 261 g/mol. The highest BCUT2D eigenvalue weighted by atomic mass is 35.5. The van der Waals surface area contributed by atoms with E-state index in [9.17, 15) is 0 Å². The number of hydrogen-bond donors (Lipinski definition) is 2. The fraction of sp³-hybridized carbons (Fsp3) is 0.0769. The van der Waals surface area contributed by atoms with Crippen LogP contribution in [0.15, 0.2) is 36.5 Å². The van der Waals surface area contributed by atoms with Gasteiger partial charge in [0.15, 0.2) is 0 Å². The van der Waals surface area contributed by atoms with E-state index in [2.05, 4.69) is 4.98 Å². The second-order valence-corrected chi connectivity index (χ2v) is 4.23. The molecule has 0 unspecified atom stereocenters. The summed E-state index contributed by atoms with van der Waals surface area (Å²) in [7, 11) is 0. The number of nitrogen functional groups attached to an aromatic ring is 1. The molecule has 1 aromatic carbocycles. The third-order valence-electron chi connectivity index (χ3n) is 2.32. The topological polar surface area (TPSA) is 72.0 Å². The lowest BCUT2D eigenvalue weighted by molar-refractivity contribution is 0.481. The van der Waals surface area contributed by atoms with E-state index in [0.29, 0.717) is 22.2 Å². The summed E-state index contributed by atoms with van der Waals surface area (Å²) in [5.41, 5.74) is 6.79. The number of rotatable bonds is 3. The molecule has 0 aliphatic rings. The van der Waals surface area contributed by atoms with E-state index in [1.807, 2.05) is 19.1 Å². The van der Waals surface area contributed by atoms with Gasteiger partial charge < -0.3 is 10.5 Å². The molecule has 0 spiro atoms. The molecule has 1 aromatic heterocycles.